The predicted octanol–water partition coefficient (Wildman–Crippen LogP) is 2.99. The summed E-state index contributed by atoms with van der Waals surface area (Å²) in [6.45, 7) is 6.40. The Labute approximate surface area is 220 Å². The number of likely N-dealkylation sites (tertiary alicyclic amines) is 1. The monoisotopic (exact) mass is 514 g/mol. The highest BCUT2D eigenvalue weighted by atomic mass is 16.6. The van der Waals surface area contributed by atoms with Crippen molar-refractivity contribution < 1.29 is 29.0 Å². The Bertz CT molecular complexity index is 971. The number of carbonyl (C=O) groups is 3. The van der Waals surface area contributed by atoms with E-state index in [9.17, 15) is 19.5 Å². The third-order valence-electron chi connectivity index (χ3n) is 9.08. The smallest absolute Gasteiger partial charge is 0.313 e. The zero-order valence-electron chi connectivity index (χ0n) is 22.4. The summed E-state index contributed by atoms with van der Waals surface area (Å²) in [7, 11) is 0. The van der Waals surface area contributed by atoms with Crippen LogP contribution in [0.5, 0.6) is 0 Å². The molecule has 4 heterocycles. The van der Waals surface area contributed by atoms with Crippen LogP contribution in [-0.4, -0.2) is 81.8 Å². The van der Waals surface area contributed by atoms with Crippen molar-refractivity contribution in [3.63, 3.8) is 0 Å². The molecular weight excluding hydrogens is 472 g/mol. The number of nitrogens with zero attached hydrogens (tertiary/aromatic N) is 2. The molecule has 2 saturated heterocycles. The van der Waals surface area contributed by atoms with E-state index in [1.165, 1.54) is 6.42 Å². The second kappa shape index (κ2) is 10.2. The number of esters is 1. The number of fused-ring (bicyclic) bond motifs is 2. The van der Waals surface area contributed by atoms with Crippen molar-refractivity contribution in [1.82, 2.24) is 9.80 Å². The largest absolute Gasteiger partial charge is 0.465 e. The number of rotatable bonds is 5. The lowest BCUT2D eigenvalue weighted by atomic mass is 9.74. The van der Waals surface area contributed by atoms with Gasteiger partial charge in [0, 0.05) is 12.6 Å². The molecule has 2 amide bonds. The number of carbonyl (C=O) groups excluding carboxylic acids is 3. The summed E-state index contributed by atoms with van der Waals surface area (Å²) in [5.41, 5.74) is -2.38. The third kappa shape index (κ3) is 4.34. The van der Waals surface area contributed by atoms with Gasteiger partial charge in [-0.3, -0.25) is 14.4 Å². The van der Waals surface area contributed by atoms with Crippen LogP contribution < -0.4 is 0 Å². The molecule has 1 aliphatic carbocycles. The van der Waals surface area contributed by atoms with Crippen LogP contribution >= 0.6 is 0 Å². The summed E-state index contributed by atoms with van der Waals surface area (Å²) in [6, 6.07) is -1.36. The molecule has 0 aromatic rings. The Balaban J connectivity index is 1.64. The lowest BCUT2D eigenvalue weighted by molar-refractivity contribution is -0.162. The van der Waals surface area contributed by atoms with Gasteiger partial charge in [-0.2, -0.15) is 0 Å². The molecule has 0 aromatic heterocycles. The van der Waals surface area contributed by atoms with Crippen LogP contribution in [-0.2, 0) is 23.9 Å². The summed E-state index contributed by atoms with van der Waals surface area (Å²) in [4.78, 5) is 45.9. The van der Waals surface area contributed by atoms with E-state index in [1.54, 1.807) is 4.90 Å². The topological polar surface area (TPSA) is 96.4 Å². The van der Waals surface area contributed by atoms with E-state index in [0.717, 1.165) is 32.1 Å². The maximum atomic E-state index is 14.5. The molecule has 204 valence electrons. The normalized spacial score (nSPS) is 38.3. The molecule has 1 unspecified atom stereocenters. The van der Waals surface area contributed by atoms with Crippen LogP contribution in [0.4, 0.5) is 0 Å². The summed E-state index contributed by atoms with van der Waals surface area (Å²) in [5, 5.41) is 10.4. The van der Waals surface area contributed by atoms with Gasteiger partial charge < -0.3 is 24.4 Å². The van der Waals surface area contributed by atoms with Gasteiger partial charge in [0.05, 0.1) is 30.8 Å². The van der Waals surface area contributed by atoms with Crippen LogP contribution in [0.15, 0.2) is 24.3 Å². The summed E-state index contributed by atoms with van der Waals surface area (Å²) < 4.78 is 12.5. The molecule has 8 heteroatoms. The van der Waals surface area contributed by atoms with Crippen molar-refractivity contribution in [2.24, 2.45) is 17.8 Å². The van der Waals surface area contributed by atoms with Crippen LogP contribution in [0.2, 0.25) is 0 Å². The molecule has 37 heavy (non-hydrogen) atoms. The van der Waals surface area contributed by atoms with Crippen molar-refractivity contribution in [2.75, 3.05) is 19.8 Å². The average molecular weight is 515 g/mol. The first-order chi connectivity index (χ1) is 17.7. The zero-order chi connectivity index (χ0) is 26.4. The van der Waals surface area contributed by atoms with E-state index in [0.29, 0.717) is 19.4 Å². The Hall–Kier alpha value is -2.19. The highest BCUT2D eigenvalue weighted by Gasteiger charge is 2.75. The van der Waals surface area contributed by atoms with Crippen LogP contribution in [0.3, 0.4) is 0 Å². The molecular formula is C29H42N2O6. The molecule has 0 radical (unpaired) electrons. The number of aliphatic hydroxyl groups is 1. The molecule has 1 N–H and O–H groups in total. The van der Waals surface area contributed by atoms with E-state index in [-0.39, 0.29) is 37.0 Å². The maximum absolute atomic E-state index is 14.5. The Morgan fingerprint density at radius 3 is 2.49 bits per heavy atom. The van der Waals surface area contributed by atoms with Crippen molar-refractivity contribution in [3.8, 4) is 0 Å². The van der Waals surface area contributed by atoms with Crippen molar-refractivity contribution in [1.29, 1.82) is 0 Å². The number of amides is 2. The number of hydrogen-bond acceptors (Lipinski definition) is 6. The molecule has 3 fully saturated rings. The second-order valence-electron chi connectivity index (χ2n) is 12.1. The first-order valence-corrected chi connectivity index (χ1v) is 14.2. The van der Waals surface area contributed by atoms with Crippen LogP contribution in [0, 0.1) is 17.8 Å². The minimum atomic E-state index is -1.30. The zero-order valence-corrected chi connectivity index (χ0v) is 22.4. The van der Waals surface area contributed by atoms with Gasteiger partial charge in [0.1, 0.15) is 17.6 Å². The van der Waals surface area contributed by atoms with Crippen LogP contribution in [0.1, 0.15) is 72.1 Å². The number of allylic oxidation sites excluding steroid dienone is 1. The van der Waals surface area contributed by atoms with E-state index >= 15 is 0 Å². The number of hydrogen-bond donors (Lipinski definition) is 1. The number of cyclic esters (lactones) is 1. The van der Waals surface area contributed by atoms with Crippen LogP contribution in [0.25, 0.3) is 0 Å². The van der Waals surface area contributed by atoms with Gasteiger partial charge in [-0.25, -0.2) is 0 Å². The molecule has 1 spiro atoms. The predicted molar refractivity (Wildman–Crippen MR) is 137 cm³/mol. The van der Waals surface area contributed by atoms with Crippen molar-refractivity contribution in [3.05, 3.63) is 24.3 Å². The van der Waals surface area contributed by atoms with Gasteiger partial charge >= 0.3 is 5.97 Å². The highest BCUT2D eigenvalue weighted by molar-refractivity contribution is 5.99. The minimum Gasteiger partial charge on any atom is -0.465 e. The SMILES string of the molecule is CC(C)C[C@H](CO)N1C(=O)[C@@H]2[C@@H]3C(=O)OCCC/C=C\[C@]3(C)O[C@@]23C=CCN(C2CCCCC2)C(=O)C13. The molecule has 6 atom stereocenters. The standard InChI is InChI=1S/C29H42N2O6/c1-19(2)17-21(18-32)31-24-26(34)30(20-11-6-4-7-12-20)15-10-14-29(24)22(25(31)33)23-27(35)36-16-9-5-8-13-28(23,3)37-29/h8,10,13-14,19-24,32H,4-7,9,11-12,15-18H2,1-3H3/b13-8-/t21-,22+,23-,24?,28+,29+/m1/s1. The van der Waals surface area contributed by atoms with Gasteiger partial charge in [-0.05, 0) is 44.9 Å². The summed E-state index contributed by atoms with van der Waals surface area (Å²) in [6.07, 6.45) is 15.0. The highest BCUT2D eigenvalue weighted by Crippen LogP contribution is 2.57. The molecule has 4 aliphatic heterocycles. The maximum Gasteiger partial charge on any atom is 0.313 e. The Morgan fingerprint density at radius 2 is 1.78 bits per heavy atom. The Morgan fingerprint density at radius 1 is 1.03 bits per heavy atom. The fourth-order valence-corrected chi connectivity index (χ4v) is 7.53. The third-order valence-corrected chi connectivity index (χ3v) is 9.08. The van der Waals surface area contributed by atoms with Gasteiger partial charge in [-0.15, -0.1) is 0 Å². The lowest BCUT2D eigenvalue weighted by Gasteiger charge is -2.42. The second-order valence-corrected chi connectivity index (χ2v) is 12.1. The van der Waals surface area contributed by atoms with E-state index in [4.69, 9.17) is 9.47 Å². The van der Waals surface area contributed by atoms with Crippen molar-refractivity contribution >= 4 is 17.8 Å². The number of aliphatic hydroxyl groups excluding tert-OH is 1. The number of ether oxygens (including phenoxy) is 2. The molecule has 8 nitrogen and oxygen atoms in total. The Kier molecular flexibility index (Phi) is 7.26. The fraction of sp³-hybridized carbons (Fsp3) is 0.759. The molecule has 0 bridgehead atoms. The molecule has 0 aromatic carbocycles. The van der Waals surface area contributed by atoms with Gasteiger partial charge in [0.2, 0.25) is 11.8 Å². The van der Waals surface area contributed by atoms with Gasteiger partial charge in [-0.1, -0.05) is 57.4 Å². The van der Waals surface area contributed by atoms with Gasteiger partial charge in [0.25, 0.3) is 0 Å². The molecule has 5 rings (SSSR count). The molecule has 5 aliphatic rings. The quantitative estimate of drug-likeness (QED) is 0.448. The minimum absolute atomic E-state index is 0.119. The van der Waals surface area contributed by atoms with E-state index in [2.05, 4.69) is 0 Å². The van der Waals surface area contributed by atoms with E-state index < -0.39 is 41.1 Å². The average Bonchev–Trinajstić information content (AvgIpc) is 3.22. The molecule has 1 saturated carbocycles. The van der Waals surface area contributed by atoms with Crippen molar-refractivity contribution in [2.45, 2.75) is 101 Å². The first-order valence-electron chi connectivity index (χ1n) is 14.2. The fourth-order valence-electron chi connectivity index (χ4n) is 7.53. The lowest BCUT2D eigenvalue weighted by Crippen LogP contribution is -2.60. The summed E-state index contributed by atoms with van der Waals surface area (Å²) in [5.74, 6) is -2.46. The first kappa shape index (κ1) is 26.4. The van der Waals surface area contributed by atoms with Gasteiger partial charge in [0.15, 0.2) is 0 Å². The summed E-state index contributed by atoms with van der Waals surface area (Å²) >= 11 is 0. The van der Waals surface area contributed by atoms with E-state index in [1.807, 2.05) is 50.0 Å².